The number of amides is 1. The van der Waals surface area contributed by atoms with Gasteiger partial charge in [0.25, 0.3) is 0 Å². The summed E-state index contributed by atoms with van der Waals surface area (Å²) in [5, 5.41) is -0.137. The molecule has 6 nitrogen and oxygen atoms in total. The van der Waals surface area contributed by atoms with Gasteiger partial charge in [-0.3, -0.25) is 14.7 Å². The summed E-state index contributed by atoms with van der Waals surface area (Å²) in [6.07, 6.45) is 3.36. The Kier molecular flexibility index (Phi) is 6.53. The van der Waals surface area contributed by atoms with Crippen molar-refractivity contribution in [3.8, 4) is 0 Å². The second kappa shape index (κ2) is 9.36. The number of carbonyl (C=O) groups excluding carboxylic acids is 1. The van der Waals surface area contributed by atoms with E-state index in [0.29, 0.717) is 15.4 Å². The van der Waals surface area contributed by atoms with Gasteiger partial charge in [-0.1, -0.05) is 35.6 Å². The van der Waals surface area contributed by atoms with Crippen LogP contribution in [-0.2, 0) is 27.6 Å². The average molecular weight is 484 g/mol. The van der Waals surface area contributed by atoms with Crippen molar-refractivity contribution in [2.45, 2.75) is 37.0 Å². The zero-order valence-electron chi connectivity index (χ0n) is 18.1. The molecule has 4 aromatic rings. The molecular formula is C24H22FN3O3S2. The van der Waals surface area contributed by atoms with Crippen LogP contribution < -0.4 is 4.90 Å². The zero-order chi connectivity index (χ0) is 23.6. The van der Waals surface area contributed by atoms with E-state index in [2.05, 4.69) is 9.97 Å². The third-order valence-corrected chi connectivity index (χ3v) is 8.40. The van der Waals surface area contributed by atoms with E-state index >= 15 is 0 Å². The maximum absolute atomic E-state index is 14.2. The molecule has 0 saturated heterocycles. The zero-order valence-corrected chi connectivity index (χ0v) is 19.7. The summed E-state index contributed by atoms with van der Waals surface area (Å²) in [5.74, 6) is -0.677. The van der Waals surface area contributed by atoms with Gasteiger partial charge in [-0.2, -0.15) is 0 Å². The fraction of sp³-hybridized carbons (Fsp3) is 0.208. The third-order valence-electron chi connectivity index (χ3n) is 5.18. The largest absolute Gasteiger partial charge is 0.283 e. The lowest BCUT2D eigenvalue weighted by Gasteiger charge is -2.20. The Morgan fingerprint density at radius 1 is 1.06 bits per heavy atom. The number of fused-ring (bicyclic) bond motifs is 1. The minimum absolute atomic E-state index is 0.0423. The maximum atomic E-state index is 14.2. The van der Waals surface area contributed by atoms with Gasteiger partial charge in [-0.05, 0) is 55.3 Å². The van der Waals surface area contributed by atoms with E-state index in [0.717, 1.165) is 5.56 Å². The average Bonchev–Trinajstić information content (AvgIpc) is 3.24. The molecule has 0 aliphatic rings. The first-order valence-electron chi connectivity index (χ1n) is 10.3. The molecular weight excluding hydrogens is 461 g/mol. The molecule has 2 heterocycles. The van der Waals surface area contributed by atoms with Crippen molar-refractivity contribution in [2.24, 2.45) is 0 Å². The normalized spacial score (nSPS) is 11.8. The molecule has 0 spiro atoms. The molecule has 170 valence electrons. The monoisotopic (exact) mass is 483 g/mol. The highest BCUT2D eigenvalue weighted by Crippen LogP contribution is 2.31. The molecule has 2 aromatic carbocycles. The van der Waals surface area contributed by atoms with E-state index in [1.54, 1.807) is 56.6 Å². The molecule has 0 fully saturated rings. The van der Waals surface area contributed by atoms with E-state index in [1.807, 2.05) is 6.07 Å². The Bertz CT molecular complexity index is 1390. The lowest BCUT2D eigenvalue weighted by molar-refractivity contribution is -0.118. The van der Waals surface area contributed by atoms with Crippen molar-refractivity contribution < 1.29 is 17.6 Å². The summed E-state index contributed by atoms with van der Waals surface area (Å²) in [5.41, 5.74) is 1.71. The number of nitrogens with zero attached hydrogens (tertiary/aromatic N) is 3. The highest BCUT2D eigenvalue weighted by atomic mass is 32.2. The number of sulfone groups is 1. The first-order valence-corrected chi connectivity index (χ1v) is 12.7. The molecule has 0 unspecified atom stereocenters. The molecule has 9 heteroatoms. The Labute approximate surface area is 195 Å². The Hall–Kier alpha value is -3.17. The van der Waals surface area contributed by atoms with Gasteiger partial charge in [0.05, 0.1) is 27.8 Å². The fourth-order valence-electron chi connectivity index (χ4n) is 3.29. The summed E-state index contributed by atoms with van der Waals surface area (Å²) in [6, 6.07) is 14.7. The summed E-state index contributed by atoms with van der Waals surface area (Å²) in [4.78, 5) is 23.6. The lowest BCUT2D eigenvalue weighted by Crippen LogP contribution is -2.31. The Balaban J connectivity index is 1.64. The van der Waals surface area contributed by atoms with Crippen molar-refractivity contribution >= 4 is 42.4 Å². The fourth-order valence-corrected chi connectivity index (χ4v) is 5.35. The van der Waals surface area contributed by atoms with Crippen molar-refractivity contribution in [3.05, 3.63) is 83.9 Å². The smallest absolute Gasteiger partial charge is 0.233 e. The SMILES string of the molecule is CC(C)S(=O)(=O)c1ccc(CC(=O)N(Cc2cccnc2)c2nc3c(F)cccc3s2)cc1. The lowest BCUT2D eigenvalue weighted by atomic mass is 10.1. The number of benzene rings is 2. The molecule has 33 heavy (non-hydrogen) atoms. The summed E-state index contributed by atoms with van der Waals surface area (Å²) in [7, 11) is -3.39. The van der Waals surface area contributed by atoms with Gasteiger partial charge in [-0.25, -0.2) is 17.8 Å². The third kappa shape index (κ3) is 4.94. The first kappa shape index (κ1) is 23.0. The number of anilines is 1. The number of thiazole rings is 1. The molecule has 2 aromatic heterocycles. The van der Waals surface area contributed by atoms with E-state index in [4.69, 9.17) is 0 Å². The second-order valence-corrected chi connectivity index (χ2v) is 11.4. The maximum Gasteiger partial charge on any atom is 0.233 e. The highest BCUT2D eigenvalue weighted by molar-refractivity contribution is 7.92. The van der Waals surface area contributed by atoms with Crippen LogP contribution in [0.1, 0.15) is 25.0 Å². The van der Waals surface area contributed by atoms with E-state index in [1.165, 1.54) is 34.4 Å². The van der Waals surface area contributed by atoms with Gasteiger partial charge in [0, 0.05) is 12.4 Å². The van der Waals surface area contributed by atoms with Crippen LogP contribution in [0.2, 0.25) is 0 Å². The quantitative estimate of drug-likeness (QED) is 0.378. The standard InChI is InChI=1S/C24H22FN3O3S2/c1-16(2)33(30,31)19-10-8-17(9-11-19)13-22(29)28(15-18-5-4-12-26-14-18)24-27-23-20(25)6-3-7-21(23)32-24/h3-12,14,16H,13,15H2,1-2H3. The van der Waals surface area contributed by atoms with Crippen LogP contribution in [0.5, 0.6) is 0 Å². The number of aromatic nitrogens is 2. The molecule has 0 atom stereocenters. The second-order valence-electron chi connectivity index (χ2n) is 7.84. The molecule has 4 rings (SSSR count). The van der Waals surface area contributed by atoms with Crippen molar-refractivity contribution in [1.82, 2.24) is 9.97 Å². The van der Waals surface area contributed by atoms with Gasteiger partial charge in [0.1, 0.15) is 11.3 Å². The molecule has 0 saturated carbocycles. The minimum atomic E-state index is -3.39. The summed E-state index contributed by atoms with van der Waals surface area (Å²) in [6.45, 7) is 3.49. The van der Waals surface area contributed by atoms with E-state index < -0.39 is 20.9 Å². The van der Waals surface area contributed by atoms with Crippen LogP contribution in [0, 0.1) is 5.82 Å². The number of pyridine rings is 1. The van der Waals surface area contributed by atoms with Gasteiger partial charge in [0.2, 0.25) is 5.91 Å². The number of hydrogen-bond donors (Lipinski definition) is 0. The van der Waals surface area contributed by atoms with Crippen LogP contribution in [-0.4, -0.2) is 29.5 Å². The number of rotatable bonds is 7. The van der Waals surface area contributed by atoms with Gasteiger partial charge >= 0.3 is 0 Å². The molecule has 0 aliphatic carbocycles. The highest BCUT2D eigenvalue weighted by Gasteiger charge is 2.23. The molecule has 0 bridgehead atoms. The number of hydrogen-bond acceptors (Lipinski definition) is 6. The number of para-hydroxylation sites is 1. The van der Waals surface area contributed by atoms with Crippen LogP contribution in [0.3, 0.4) is 0 Å². The van der Waals surface area contributed by atoms with Crippen molar-refractivity contribution in [3.63, 3.8) is 0 Å². The van der Waals surface area contributed by atoms with Crippen LogP contribution >= 0.6 is 11.3 Å². The van der Waals surface area contributed by atoms with Crippen LogP contribution in [0.4, 0.5) is 9.52 Å². The van der Waals surface area contributed by atoms with Gasteiger partial charge < -0.3 is 0 Å². The minimum Gasteiger partial charge on any atom is -0.283 e. The topological polar surface area (TPSA) is 80.2 Å². The van der Waals surface area contributed by atoms with Crippen LogP contribution in [0.25, 0.3) is 10.2 Å². The summed E-state index contributed by atoms with van der Waals surface area (Å²) >= 11 is 1.24. The molecule has 0 N–H and O–H groups in total. The van der Waals surface area contributed by atoms with Gasteiger partial charge in [0.15, 0.2) is 15.0 Å². The molecule has 1 amide bonds. The number of carbonyl (C=O) groups is 1. The predicted octanol–water partition coefficient (Wildman–Crippen LogP) is 4.79. The molecule has 0 radical (unpaired) electrons. The summed E-state index contributed by atoms with van der Waals surface area (Å²) < 4.78 is 39.6. The first-order chi connectivity index (χ1) is 15.8. The van der Waals surface area contributed by atoms with E-state index in [-0.39, 0.29) is 29.3 Å². The number of halogens is 1. The predicted molar refractivity (Wildman–Crippen MR) is 127 cm³/mol. The van der Waals surface area contributed by atoms with Gasteiger partial charge in [-0.15, -0.1) is 0 Å². The van der Waals surface area contributed by atoms with E-state index in [9.17, 15) is 17.6 Å². The van der Waals surface area contributed by atoms with Crippen molar-refractivity contribution in [2.75, 3.05) is 4.90 Å². The molecule has 0 aliphatic heterocycles. The van der Waals surface area contributed by atoms with Crippen LogP contribution in [0.15, 0.2) is 71.9 Å². The van der Waals surface area contributed by atoms with Crippen molar-refractivity contribution in [1.29, 1.82) is 0 Å². The Morgan fingerprint density at radius 3 is 2.45 bits per heavy atom. The Morgan fingerprint density at radius 2 is 1.82 bits per heavy atom.